The van der Waals surface area contributed by atoms with Crippen LogP contribution >= 0.6 is 0 Å². The zero-order chi connectivity index (χ0) is 8.58. The normalized spacial score (nSPS) is 13.2. The molecule has 0 aliphatic rings. The average Bonchev–Trinajstić information content (AvgIpc) is 1.62. The van der Waals surface area contributed by atoms with Crippen LogP contribution in [0, 0.1) is 0 Å². The second-order valence-electron chi connectivity index (χ2n) is 3.06. The summed E-state index contributed by atoms with van der Waals surface area (Å²) >= 11 is 0. The van der Waals surface area contributed by atoms with Gasteiger partial charge in [-0.05, 0) is 20.8 Å². The van der Waals surface area contributed by atoms with Gasteiger partial charge in [0.25, 0.3) is 0 Å². The van der Waals surface area contributed by atoms with Crippen molar-refractivity contribution < 1.29 is 8.42 Å². The van der Waals surface area contributed by atoms with Gasteiger partial charge in [0.05, 0.1) is 4.75 Å². The Balaban J connectivity index is 4.95. The highest BCUT2D eigenvalue weighted by molar-refractivity contribution is 7.92. The third kappa shape index (κ3) is 1.59. The maximum atomic E-state index is 11.0. The molecule has 0 unspecified atom stereocenters. The summed E-state index contributed by atoms with van der Waals surface area (Å²) in [7, 11) is -3.00. The van der Waals surface area contributed by atoms with Gasteiger partial charge in [-0.1, -0.05) is 12.2 Å². The third-order valence-corrected chi connectivity index (χ3v) is 4.16. The minimum atomic E-state index is -3.00. The highest BCUT2D eigenvalue weighted by atomic mass is 32.2. The molecule has 0 bridgehead atoms. The molecule has 0 aromatic carbocycles. The molecule has 0 N–H and O–H groups in total. The molecule has 0 aliphatic carbocycles. The van der Waals surface area contributed by atoms with E-state index in [1.807, 2.05) is 0 Å². The topological polar surface area (TPSA) is 34.1 Å². The molecule has 2 nitrogen and oxygen atoms in total. The summed E-state index contributed by atoms with van der Waals surface area (Å²) in [5.41, 5.74) is 0.676. The maximum Gasteiger partial charge on any atom is 0.156 e. The fraction of sp³-hybridized carbons (Fsp3) is 0.714. The van der Waals surface area contributed by atoms with Crippen LogP contribution in [0.2, 0.25) is 0 Å². The Bertz CT molecular complexity index is 234. The van der Waals surface area contributed by atoms with E-state index in [1.165, 1.54) is 6.26 Å². The molecule has 0 saturated heterocycles. The van der Waals surface area contributed by atoms with E-state index in [2.05, 4.69) is 6.58 Å². The van der Waals surface area contributed by atoms with Gasteiger partial charge < -0.3 is 0 Å². The van der Waals surface area contributed by atoms with Gasteiger partial charge in [0.15, 0.2) is 9.84 Å². The second-order valence-corrected chi connectivity index (χ2v) is 5.63. The van der Waals surface area contributed by atoms with Crippen LogP contribution in [0.3, 0.4) is 0 Å². The van der Waals surface area contributed by atoms with Crippen LogP contribution < -0.4 is 0 Å². The van der Waals surface area contributed by atoms with E-state index in [0.29, 0.717) is 5.57 Å². The van der Waals surface area contributed by atoms with Gasteiger partial charge in [-0.3, -0.25) is 0 Å². The SMILES string of the molecule is C=C(C)C(C)(C)S(C)(=O)=O. The molecular weight excluding hydrogens is 148 g/mol. The molecular formula is C7H14O2S. The standard InChI is InChI=1S/C7H14O2S/c1-6(2)7(3,4)10(5,8)9/h1H2,2-5H3. The van der Waals surface area contributed by atoms with Crippen LogP contribution in [-0.2, 0) is 9.84 Å². The minimum absolute atomic E-state index is 0.676. The quantitative estimate of drug-likeness (QED) is 0.575. The number of sulfone groups is 1. The zero-order valence-corrected chi connectivity index (χ0v) is 7.75. The summed E-state index contributed by atoms with van der Waals surface area (Å²) in [6, 6.07) is 0. The van der Waals surface area contributed by atoms with E-state index in [-0.39, 0.29) is 0 Å². The van der Waals surface area contributed by atoms with Gasteiger partial charge >= 0.3 is 0 Å². The van der Waals surface area contributed by atoms with Crippen LogP contribution in [0.25, 0.3) is 0 Å². The smallest absolute Gasteiger partial charge is 0.156 e. The molecule has 0 amide bonds. The first kappa shape index (κ1) is 9.69. The lowest BCUT2D eigenvalue weighted by atomic mass is 10.1. The summed E-state index contributed by atoms with van der Waals surface area (Å²) in [6.45, 7) is 8.65. The van der Waals surface area contributed by atoms with Crippen molar-refractivity contribution in [3.8, 4) is 0 Å². The van der Waals surface area contributed by atoms with E-state index in [4.69, 9.17) is 0 Å². The minimum Gasteiger partial charge on any atom is -0.228 e. The third-order valence-electron chi connectivity index (χ3n) is 1.95. The van der Waals surface area contributed by atoms with E-state index >= 15 is 0 Å². The first-order valence-electron chi connectivity index (χ1n) is 3.05. The summed E-state index contributed by atoms with van der Waals surface area (Å²) in [6.07, 6.45) is 1.22. The van der Waals surface area contributed by atoms with Crippen molar-refractivity contribution in [2.45, 2.75) is 25.5 Å². The average molecular weight is 162 g/mol. The monoisotopic (exact) mass is 162 g/mol. The number of hydrogen-bond acceptors (Lipinski definition) is 2. The second kappa shape index (κ2) is 2.38. The fourth-order valence-electron chi connectivity index (χ4n) is 0.316. The first-order valence-corrected chi connectivity index (χ1v) is 4.94. The van der Waals surface area contributed by atoms with Gasteiger partial charge in [0.1, 0.15) is 0 Å². The first-order chi connectivity index (χ1) is 4.19. The molecule has 60 valence electrons. The van der Waals surface area contributed by atoms with Crippen LogP contribution in [0.4, 0.5) is 0 Å². The summed E-state index contributed by atoms with van der Waals surface area (Å²) in [5, 5.41) is 0. The molecule has 0 saturated carbocycles. The predicted octanol–water partition coefficient (Wildman–Crippen LogP) is 1.39. The van der Waals surface area contributed by atoms with Gasteiger partial charge in [-0.2, -0.15) is 0 Å². The maximum absolute atomic E-state index is 11.0. The van der Waals surface area contributed by atoms with Crippen molar-refractivity contribution in [2.75, 3.05) is 6.26 Å². The van der Waals surface area contributed by atoms with E-state index in [0.717, 1.165) is 0 Å². The molecule has 0 rings (SSSR count). The molecule has 0 radical (unpaired) electrons. The Hall–Kier alpha value is -0.310. The van der Waals surface area contributed by atoms with Gasteiger partial charge in [0.2, 0.25) is 0 Å². The Morgan fingerprint density at radius 1 is 1.40 bits per heavy atom. The van der Waals surface area contributed by atoms with Crippen molar-refractivity contribution in [1.82, 2.24) is 0 Å². The molecule has 0 atom stereocenters. The van der Waals surface area contributed by atoms with Crippen molar-refractivity contribution in [3.05, 3.63) is 12.2 Å². The van der Waals surface area contributed by atoms with E-state index in [1.54, 1.807) is 20.8 Å². The lowest BCUT2D eigenvalue weighted by Gasteiger charge is -2.22. The van der Waals surface area contributed by atoms with Crippen molar-refractivity contribution in [2.24, 2.45) is 0 Å². The number of rotatable bonds is 2. The Morgan fingerprint density at radius 3 is 1.70 bits per heavy atom. The molecule has 3 heteroatoms. The summed E-state index contributed by atoms with van der Waals surface area (Å²) in [4.78, 5) is 0. The summed E-state index contributed by atoms with van der Waals surface area (Å²) < 4.78 is 21.3. The zero-order valence-electron chi connectivity index (χ0n) is 6.93. The Morgan fingerprint density at radius 2 is 1.70 bits per heavy atom. The van der Waals surface area contributed by atoms with Crippen molar-refractivity contribution in [3.63, 3.8) is 0 Å². The summed E-state index contributed by atoms with van der Waals surface area (Å²) in [5.74, 6) is 0. The molecule has 0 aliphatic heterocycles. The highest BCUT2D eigenvalue weighted by Crippen LogP contribution is 2.22. The Labute approximate surface area is 62.9 Å². The van der Waals surface area contributed by atoms with Crippen LogP contribution in [0.15, 0.2) is 12.2 Å². The largest absolute Gasteiger partial charge is 0.228 e. The number of hydrogen-bond donors (Lipinski definition) is 0. The molecule has 0 heterocycles. The molecule has 0 aromatic heterocycles. The van der Waals surface area contributed by atoms with E-state index in [9.17, 15) is 8.42 Å². The predicted molar refractivity (Wildman–Crippen MR) is 43.7 cm³/mol. The van der Waals surface area contributed by atoms with Gasteiger partial charge in [0, 0.05) is 6.26 Å². The van der Waals surface area contributed by atoms with Gasteiger partial charge in [-0.25, -0.2) is 8.42 Å². The van der Waals surface area contributed by atoms with Crippen LogP contribution in [0.1, 0.15) is 20.8 Å². The van der Waals surface area contributed by atoms with Crippen LogP contribution in [-0.4, -0.2) is 19.4 Å². The molecule has 10 heavy (non-hydrogen) atoms. The van der Waals surface area contributed by atoms with Crippen molar-refractivity contribution in [1.29, 1.82) is 0 Å². The Kier molecular flexibility index (Phi) is 2.31. The lowest BCUT2D eigenvalue weighted by molar-refractivity contribution is 0.573. The molecule has 0 spiro atoms. The van der Waals surface area contributed by atoms with Crippen LogP contribution in [0.5, 0.6) is 0 Å². The molecule has 0 fully saturated rings. The highest BCUT2D eigenvalue weighted by Gasteiger charge is 2.30. The lowest BCUT2D eigenvalue weighted by Crippen LogP contribution is -2.31. The van der Waals surface area contributed by atoms with Crippen molar-refractivity contribution >= 4 is 9.84 Å². The van der Waals surface area contributed by atoms with E-state index < -0.39 is 14.6 Å². The fourth-order valence-corrected chi connectivity index (χ4v) is 0.949. The van der Waals surface area contributed by atoms with Gasteiger partial charge in [-0.15, -0.1) is 0 Å². The molecule has 0 aromatic rings.